The Bertz CT molecular complexity index is 665. The highest BCUT2D eigenvalue weighted by Crippen LogP contribution is 2.18. The van der Waals surface area contributed by atoms with Gasteiger partial charge >= 0.3 is 17.9 Å². The van der Waals surface area contributed by atoms with Crippen LogP contribution in [0, 0.1) is 0 Å². The second-order valence-corrected chi connectivity index (χ2v) is 9.51. The van der Waals surface area contributed by atoms with Gasteiger partial charge in [0.2, 0.25) is 0 Å². The topological polar surface area (TPSA) is 78.9 Å². The molecule has 0 saturated carbocycles. The lowest BCUT2D eigenvalue weighted by atomic mass is 10.1. The van der Waals surface area contributed by atoms with Crippen molar-refractivity contribution in [3.05, 3.63) is 36.6 Å². The van der Waals surface area contributed by atoms with E-state index in [1.165, 1.54) is 83.6 Å². The highest BCUT2D eigenvalue weighted by molar-refractivity contribution is 5.87. The second-order valence-electron chi connectivity index (χ2n) is 9.51. The SMILES string of the molecule is C=C(CC)C(=O)OCCCCCC.C=CC(=O)OCCCCCCCCCCCC.CC(=O)OC1=CCC1. The summed E-state index contributed by atoms with van der Waals surface area (Å²) in [6, 6.07) is 0. The summed E-state index contributed by atoms with van der Waals surface area (Å²) >= 11 is 0. The smallest absolute Gasteiger partial charge is 0.333 e. The van der Waals surface area contributed by atoms with Gasteiger partial charge in [0.05, 0.1) is 13.2 Å². The zero-order valence-electron chi connectivity index (χ0n) is 25.0. The molecule has 0 radical (unpaired) electrons. The quantitative estimate of drug-likeness (QED) is 0.0669. The van der Waals surface area contributed by atoms with Crippen molar-refractivity contribution in [3.8, 4) is 0 Å². The van der Waals surface area contributed by atoms with E-state index in [9.17, 15) is 14.4 Å². The van der Waals surface area contributed by atoms with E-state index in [1.807, 2.05) is 13.0 Å². The summed E-state index contributed by atoms with van der Waals surface area (Å²) < 4.78 is 14.6. The number of ether oxygens (including phenoxy) is 3. The maximum atomic E-state index is 11.1. The van der Waals surface area contributed by atoms with Gasteiger partial charge in [-0.25, -0.2) is 9.59 Å². The number of esters is 3. The zero-order valence-corrected chi connectivity index (χ0v) is 25.0. The molecule has 0 unspecified atom stereocenters. The molecule has 6 nitrogen and oxygen atoms in total. The van der Waals surface area contributed by atoms with Crippen molar-refractivity contribution in [2.75, 3.05) is 13.2 Å². The van der Waals surface area contributed by atoms with Crippen molar-refractivity contribution in [1.29, 1.82) is 0 Å². The number of unbranched alkanes of at least 4 members (excludes halogenated alkanes) is 12. The van der Waals surface area contributed by atoms with Crippen molar-refractivity contribution >= 4 is 17.9 Å². The van der Waals surface area contributed by atoms with Crippen molar-refractivity contribution in [2.45, 2.75) is 137 Å². The first-order valence-corrected chi connectivity index (χ1v) is 14.8. The monoisotopic (exact) mass is 536 g/mol. The van der Waals surface area contributed by atoms with Crippen LogP contribution in [0.25, 0.3) is 0 Å². The molecule has 0 aromatic rings. The zero-order chi connectivity index (χ0) is 28.9. The Morgan fingerprint density at radius 3 is 1.61 bits per heavy atom. The fraction of sp³-hybridized carbons (Fsp3) is 0.719. The first-order valence-electron chi connectivity index (χ1n) is 14.8. The Morgan fingerprint density at radius 2 is 1.24 bits per heavy atom. The minimum absolute atomic E-state index is 0.212. The van der Waals surface area contributed by atoms with Gasteiger partial charge in [0.25, 0.3) is 0 Å². The van der Waals surface area contributed by atoms with Gasteiger partial charge in [-0.3, -0.25) is 4.79 Å². The molecule has 0 aromatic carbocycles. The maximum Gasteiger partial charge on any atom is 0.333 e. The minimum Gasteiger partial charge on any atom is -0.463 e. The molecule has 0 aliphatic heterocycles. The van der Waals surface area contributed by atoms with Crippen LogP contribution in [0.4, 0.5) is 0 Å². The Kier molecular flexibility index (Phi) is 29.0. The number of hydrogen-bond donors (Lipinski definition) is 0. The number of carbonyl (C=O) groups excluding carboxylic acids is 3. The lowest BCUT2D eigenvalue weighted by Crippen LogP contribution is -2.07. The Morgan fingerprint density at radius 1 is 0.789 bits per heavy atom. The average molecular weight is 537 g/mol. The Balaban J connectivity index is 0. The number of allylic oxidation sites excluding steroid dienone is 2. The highest BCUT2D eigenvalue weighted by atomic mass is 16.5. The minimum atomic E-state index is -0.305. The molecule has 1 rings (SSSR count). The summed E-state index contributed by atoms with van der Waals surface area (Å²) in [6.07, 6.45) is 23.3. The van der Waals surface area contributed by atoms with E-state index >= 15 is 0 Å². The van der Waals surface area contributed by atoms with E-state index in [2.05, 4.69) is 27.0 Å². The van der Waals surface area contributed by atoms with Crippen LogP contribution in [-0.4, -0.2) is 31.1 Å². The predicted molar refractivity (Wildman–Crippen MR) is 157 cm³/mol. The Hall–Kier alpha value is -2.37. The molecule has 1 aliphatic carbocycles. The number of rotatable bonds is 20. The van der Waals surface area contributed by atoms with Crippen LogP contribution < -0.4 is 0 Å². The molecular weight excluding hydrogens is 480 g/mol. The normalized spacial score (nSPS) is 11.3. The van der Waals surface area contributed by atoms with Gasteiger partial charge in [0.15, 0.2) is 0 Å². The van der Waals surface area contributed by atoms with Crippen molar-refractivity contribution < 1.29 is 28.6 Å². The van der Waals surface area contributed by atoms with Gasteiger partial charge in [-0.1, -0.05) is 111 Å². The fourth-order valence-electron chi connectivity index (χ4n) is 3.30. The molecule has 0 fully saturated rings. The third-order valence-corrected chi connectivity index (χ3v) is 5.89. The van der Waals surface area contributed by atoms with Gasteiger partial charge in [-0.05, 0) is 31.8 Å². The highest BCUT2D eigenvalue weighted by Gasteiger charge is 2.07. The third kappa shape index (κ3) is 28.2. The molecule has 0 N–H and O–H groups in total. The summed E-state index contributed by atoms with van der Waals surface area (Å²) in [7, 11) is 0. The van der Waals surface area contributed by atoms with E-state index in [4.69, 9.17) is 14.2 Å². The number of hydrogen-bond acceptors (Lipinski definition) is 6. The molecule has 0 saturated heterocycles. The molecule has 0 atom stereocenters. The average Bonchev–Trinajstić information content (AvgIpc) is 2.89. The van der Waals surface area contributed by atoms with Gasteiger partial charge in [-0.2, -0.15) is 0 Å². The first-order chi connectivity index (χ1) is 18.3. The molecular formula is C32H56O6. The lowest BCUT2D eigenvalue weighted by molar-refractivity contribution is -0.139. The van der Waals surface area contributed by atoms with Crippen molar-refractivity contribution in [2.24, 2.45) is 0 Å². The van der Waals surface area contributed by atoms with Crippen LogP contribution in [0.5, 0.6) is 0 Å². The molecule has 6 heteroatoms. The largest absolute Gasteiger partial charge is 0.463 e. The van der Waals surface area contributed by atoms with E-state index in [1.54, 1.807) is 0 Å². The van der Waals surface area contributed by atoms with E-state index < -0.39 is 0 Å². The van der Waals surface area contributed by atoms with E-state index in [-0.39, 0.29) is 17.9 Å². The third-order valence-electron chi connectivity index (χ3n) is 5.89. The predicted octanol–water partition coefficient (Wildman–Crippen LogP) is 8.94. The molecule has 220 valence electrons. The van der Waals surface area contributed by atoms with E-state index in [0.29, 0.717) is 25.2 Å². The summed E-state index contributed by atoms with van der Waals surface area (Å²) in [5, 5.41) is 0. The van der Waals surface area contributed by atoms with Gasteiger partial charge < -0.3 is 14.2 Å². The molecule has 0 bridgehead atoms. The maximum absolute atomic E-state index is 11.1. The van der Waals surface area contributed by atoms with Crippen LogP contribution in [0.15, 0.2) is 36.6 Å². The van der Waals surface area contributed by atoms with Gasteiger partial charge in [-0.15, -0.1) is 0 Å². The lowest BCUT2D eigenvalue weighted by Gasteiger charge is -2.11. The van der Waals surface area contributed by atoms with Crippen LogP contribution >= 0.6 is 0 Å². The molecule has 38 heavy (non-hydrogen) atoms. The van der Waals surface area contributed by atoms with Crippen LogP contribution in [-0.2, 0) is 28.6 Å². The molecule has 0 heterocycles. The second kappa shape index (κ2) is 29.2. The van der Waals surface area contributed by atoms with Crippen LogP contribution in [0.1, 0.15) is 137 Å². The molecule has 0 aromatic heterocycles. The van der Waals surface area contributed by atoms with Gasteiger partial charge in [0.1, 0.15) is 5.76 Å². The fourth-order valence-corrected chi connectivity index (χ4v) is 3.30. The van der Waals surface area contributed by atoms with Crippen molar-refractivity contribution in [1.82, 2.24) is 0 Å². The summed E-state index contributed by atoms with van der Waals surface area (Å²) in [5.74, 6) is 0.0772. The van der Waals surface area contributed by atoms with E-state index in [0.717, 1.165) is 37.9 Å². The van der Waals surface area contributed by atoms with Crippen LogP contribution in [0.3, 0.4) is 0 Å². The summed E-state index contributed by atoms with van der Waals surface area (Å²) in [6.45, 7) is 15.8. The number of carbonyl (C=O) groups is 3. The Labute approximate surface area is 233 Å². The standard InChI is InChI=1S/C15H28O2.C11H20O2.C6H8O2/c1-3-5-6-7-8-9-10-11-12-13-14-17-15(16)4-2;1-4-6-7-8-9-13-11(12)10(3)5-2;1-5(7)8-6-3-2-4-6/h4H,2-3,5-14H2,1H3;3-9H2,1-2H3;3H,2,4H2,1H3. The summed E-state index contributed by atoms with van der Waals surface area (Å²) in [4.78, 5) is 32.0. The molecule has 0 spiro atoms. The molecule has 1 aliphatic rings. The van der Waals surface area contributed by atoms with Crippen molar-refractivity contribution in [3.63, 3.8) is 0 Å². The first kappa shape index (κ1) is 37.8. The molecule has 0 amide bonds. The summed E-state index contributed by atoms with van der Waals surface area (Å²) in [5.41, 5.74) is 0.565. The van der Waals surface area contributed by atoms with Gasteiger partial charge in [0, 0.05) is 25.0 Å². The van der Waals surface area contributed by atoms with Crippen LogP contribution in [0.2, 0.25) is 0 Å².